The van der Waals surface area contributed by atoms with E-state index in [1.54, 1.807) is 24.0 Å². The van der Waals surface area contributed by atoms with Crippen LogP contribution in [0, 0.1) is 0 Å². The summed E-state index contributed by atoms with van der Waals surface area (Å²) in [4.78, 5) is 14.7. The van der Waals surface area contributed by atoms with E-state index in [-0.39, 0.29) is 17.9 Å². The lowest BCUT2D eigenvalue weighted by atomic mass is 10.2. The number of benzene rings is 1. The van der Waals surface area contributed by atoms with Gasteiger partial charge in [-0.15, -0.1) is 0 Å². The molecule has 1 heterocycles. The third-order valence-electron chi connectivity index (χ3n) is 2.93. The molecule has 7 nitrogen and oxygen atoms in total. The number of aryl methyl sites for hydroxylation is 1. The summed E-state index contributed by atoms with van der Waals surface area (Å²) in [5.41, 5.74) is 0.547. The fourth-order valence-electron chi connectivity index (χ4n) is 1.77. The highest BCUT2D eigenvalue weighted by Crippen LogP contribution is 2.11. The molecule has 21 heavy (non-hydrogen) atoms. The summed E-state index contributed by atoms with van der Waals surface area (Å²) in [6.45, 7) is 0.0860. The summed E-state index contributed by atoms with van der Waals surface area (Å²) >= 11 is 0. The molecule has 2 rings (SSSR count). The van der Waals surface area contributed by atoms with Crippen LogP contribution in [0.15, 0.2) is 41.6 Å². The van der Waals surface area contributed by atoms with E-state index in [9.17, 15) is 13.2 Å². The fraction of sp³-hybridized carbons (Fsp3) is 0.231. The molecular formula is C13H15N3O4S. The number of sulfonamides is 1. The molecule has 1 aromatic heterocycles. The molecule has 112 valence electrons. The predicted octanol–water partition coefficient (Wildman–Crippen LogP) is 0.526. The van der Waals surface area contributed by atoms with Gasteiger partial charge in [0.15, 0.2) is 0 Å². The Bertz CT molecular complexity index is 735. The van der Waals surface area contributed by atoms with E-state index in [2.05, 4.69) is 9.71 Å². The second kappa shape index (κ2) is 6.06. The van der Waals surface area contributed by atoms with Crippen molar-refractivity contribution in [2.75, 3.05) is 0 Å². The zero-order chi connectivity index (χ0) is 15.5. The summed E-state index contributed by atoms with van der Waals surface area (Å²) in [5.74, 6) is -0.361. The molecule has 0 amide bonds. The maximum Gasteiger partial charge on any atom is 0.307 e. The number of nitrogens with zero attached hydrogens (tertiary/aromatic N) is 2. The summed E-state index contributed by atoms with van der Waals surface area (Å²) in [5, 5.41) is 8.67. The monoisotopic (exact) mass is 309 g/mol. The van der Waals surface area contributed by atoms with E-state index in [0.29, 0.717) is 11.4 Å². The van der Waals surface area contributed by atoms with E-state index in [4.69, 9.17) is 5.11 Å². The zero-order valence-corrected chi connectivity index (χ0v) is 12.2. The van der Waals surface area contributed by atoms with Gasteiger partial charge >= 0.3 is 5.97 Å². The van der Waals surface area contributed by atoms with Crippen molar-refractivity contribution < 1.29 is 18.3 Å². The largest absolute Gasteiger partial charge is 0.481 e. The Balaban J connectivity index is 2.08. The minimum Gasteiger partial charge on any atom is -0.481 e. The molecule has 1 aromatic carbocycles. The molecule has 0 fully saturated rings. The van der Waals surface area contributed by atoms with E-state index < -0.39 is 16.0 Å². The third-order valence-corrected chi connectivity index (χ3v) is 4.35. The lowest BCUT2D eigenvalue weighted by Gasteiger charge is -2.07. The number of aromatic nitrogens is 2. The Labute approximate surface area is 122 Å². The van der Waals surface area contributed by atoms with Gasteiger partial charge in [0.1, 0.15) is 5.82 Å². The van der Waals surface area contributed by atoms with Crippen molar-refractivity contribution in [1.82, 2.24) is 14.3 Å². The first-order valence-corrected chi connectivity index (χ1v) is 7.63. The van der Waals surface area contributed by atoms with Gasteiger partial charge in [-0.1, -0.05) is 12.1 Å². The van der Waals surface area contributed by atoms with Crippen LogP contribution in [-0.2, 0) is 34.8 Å². The summed E-state index contributed by atoms with van der Waals surface area (Å²) in [7, 11) is -1.87. The lowest BCUT2D eigenvalue weighted by molar-refractivity contribution is -0.136. The lowest BCUT2D eigenvalue weighted by Crippen LogP contribution is -2.24. The average Bonchev–Trinajstić information content (AvgIpc) is 2.82. The first-order chi connectivity index (χ1) is 9.88. The number of rotatable bonds is 6. The second-order valence-corrected chi connectivity index (χ2v) is 6.26. The van der Waals surface area contributed by atoms with Gasteiger partial charge in [0.2, 0.25) is 10.0 Å². The highest BCUT2D eigenvalue weighted by molar-refractivity contribution is 7.89. The highest BCUT2D eigenvalue weighted by atomic mass is 32.2. The Morgan fingerprint density at radius 2 is 2.00 bits per heavy atom. The van der Waals surface area contributed by atoms with Gasteiger partial charge in [-0.25, -0.2) is 18.1 Å². The third kappa shape index (κ3) is 3.89. The van der Waals surface area contributed by atoms with Crippen LogP contribution in [0.1, 0.15) is 11.4 Å². The summed E-state index contributed by atoms with van der Waals surface area (Å²) < 4.78 is 28.4. The van der Waals surface area contributed by atoms with Crippen LogP contribution in [0.2, 0.25) is 0 Å². The van der Waals surface area contributed by atoms with Crippen molar-refractivity contribution in [3.8, 4) is 0 Å². The number of nitrogens with one attached hydrogen (secondary N) is 1. The van der Waals surface area contributed by atoms with Gasteiger partial charge in [-0.3, -0.25) is 4.79 Å². The highest BCUT2D eigenvalue weighted by Gasteiger charge is 2.14. The van der Waals surface area contributed by atoms with Gasteiger partial charge in [-0.2, -0.15) is 0 Å². The van der Waals surface area contributed by atoms with Gasteiger partial charge in [0, 0.05) is 19.4 Å². The molecule has 0 saturated carbocycles. The maximum absolute atomic E-state index is 12.1. The Morgan fingerprint density at radius 1 is 1.33 bits per heavy atom. The minimum absolute atomic E-state index is 0.0860. The van der Waals surface area contributed by atoms with Crippen molar-refractivity contribution in [2.24, 2.45) is 7.05 Å². The van der Waals surface area contributed by atoms with E-state index >= 15 is 0 Å². The topological polar surface area (TPSA) is 101 Å². The molecule has 8 heteroatoms. The molecular weight excluding hydrogens is 294 g/mol. The predicted molar refractivity (Wildman–Crippen MR) is 75.0 cm³/mol. The van der Waals surface area contributed by atoms with Gasteiger partial charge in [0.05, 0.1) is 17.9 Å². The number of hydrogen-bond acceptors (Lipinski definition) is 4. The first kappa shape index (κ1) is 15.2. The normalized spacial score (nSPS) is 11.5. The van der Waals surface area contributed by atoms with Crippen LogP contribution in [0.4, 0.5) is 0 Å². The number of carboxylic acid groups (broad SMARTS) is 1. The van der Waals surface area contributed by atoms with Crippen LogP contribution in [0.25, 0.3) is 0 Å². The fourth-order valence-corrected chi connectivity index (χ4v) is 2.75. The van der Waals surface area contributed by atoms with E-state index in [1.807, 2.05) is 0 Å². The quantitative estimate of drug-likeness (QED) is 0.810. The molecule has 0 radical (unpaired) electrons. The molecule has 2 aromatic rings. The van der Waals surface area contributed by atoms with Crippen LogP contribution in [-0.4, -0.2) is 29.0 Å². The molecule has 0 aliphatic rings. The first-order valence-electron chi connectivity index (χ1n) is 6.15. The zero-order valence-electron chi connectivity index (χ0n) is 11.4. The number of imidazole rings is 1. The molecule has 0 unspecified atom stereocenters. The average molecular weight is 309 g/mol. The molecule has 0 aliphatic carbocycles. The van der Waals surface area contributed by atoms with E-state index in [1.165, 1.54) is 24.3 Å². The molecule has 0 saturated heterocycles. The summed E-state index contributed by atoms with van der Waals surface area (Å²) in [6.07, 6.45) is 3.18. The van der Waals surface area contributed by atoms with E-state index in [0.717, 1.165) is 0 Å². The number of carbonyl (C=O) groups is 1. The van der Waals surface area contributed by atoms with Crippen molar-refractivity contribution >= 4 is 16.0 Å². The second-order valence-electron chi connectivity index (χ2n) is 4.49. The number of hydrogen-bond donors (Lipinski definition) is 2. The molecule has 2 N–H and O–H groups in total. The molecule has 0 spiro atoms. The van der Waals surface area contributed by atoms with Crippen molar-refractivity contribution in [1.29, 1.82) is 0 Å². The Hall–Kier alpha value is -2.19. The van der Waals surface area contributed by atoms with Gasteiger partial charge in [-0.05, 0) is 17.7 Å². The van der Waals surface area contributed by atoms with Crippen LogP contribution in [0.5, 0.6) is 0 Å². The standard InChI is InChI=1S/C13H15N3O4S/c1-16-7-6-14-12(16)9-15-21(19,20)11-4-2-10(3-5-11)8-13(17)18/h2-7,15H,8-9H2,1H3,(H,17,18). The smallest absolute Gasteiger partial charge is 0.307 e. The number of carboxylic acids is 1. The molecule has 0 aliphatic heterocycles. The SMILES string of the molecule is Cn1ccnc1CNS(=O)(=O)c1ccc(CC(=O)O)cc1. The van der Waals surface area contributed by atoms with Crippen molar-refractivity contribution in [3.05, 3.63) is 48.0 Å². The maximum atomic E-state index is 12.1. The minimum atomic E-state index is -3.65. The Kier molecular flexibility index (Phi) is 4.39. The number of aliphatic carboxylic acids is 1. The van der Waals surface area contributed by atoms with Crippen LogP contribution in [0.3, 0.4) is 0 Å². The van der Waals surface area contributed by atoms with Crippen molar-refractivity contribution in [2.45, 2.75) is 17.9 Å². The van der Waals surface area contributed by atoms with Crippen molar-refractivity contribution in [3.63, 3.8) is 0 Å². The van der Waals surface area contributed by atoms with Gasteiger partial charge in [0.25, 0.3) is 0 Å². The Morgan fingerprint density at radius 3 is 2.52 bits per heavy atom. The van der Waals surface area contributed by atoms with Crippen LogP contribution < -0.4 is 4.72 Å². The van der Waals surface area contributed by atoms with Gasteiger partial charge < -0.3 is 9.67 Å². The van der Waals surface area contributed by atoms with Crippen LogP contribution >= 0.6 is 0 Å². The molecule has 0 atom stereocenters. The molecule has 0 bridgehead atoms. The summed E-state index contributed by atoms with van der Waals surface area (Å²) in [6, 6.07) is 5.75.